The highest BCUT2D eigenvalue weighted by Gasteiger charge is 2.25. The molecule has 2 rings (SSSR count). The van der Waals surface area contributed by atoms with Gasteiger partial charge in [-0.3, -0.25) is 4.68 Å². The maximum Gasteiger partial charge on any atom is 0.0661 e. The summed E-state index contributed by atoms with van der Waals surface area (Å²) in [5, 5.41) is 7.96. The minimum atomic E-state index is 0.569. The average molecular weight is 236 g/mol. The quantitative estimate of drug-likeness (QED) is 0.860. The first-order valence-corrected chi connectivity index (χ1v) is 6.58. The van der Waals surface area contributed by atoms with E-state index in [1.54, 1.807) is 0 Å². The number of rotatable bonds is 4. The largest absolute Gasteiger partial charge is 0.316 e. The molecule has 4 nitrogen and oxygen atoms in total. The van der Waals surface area contributed by atoms with Crippen LogP contribution in [0, 0.1) is 13.8 Å². The summed E-state index contributed by atoms with van der Waals surface area (Å²) in [6, 6.07) is 0.569. The Labute approximate surface area is 104 Å². The molecule has 1 saturated heterocycles. The van der Waals surface area contributed by atoms with Crippen molar-refractivity contribution in [2.75, 3.05) is 26.7 Å². The summed E-state index contributed by atoms with van der Waals surface area (Å²) in [5.74, 6) is 0. The van der Waals surface area contributed by atoms with E-state index in [-0.39, 0.29) is 0 Å². The first kappa shape index (κ1) is 12.6. The van der Waals surface area contributed by atoms with Crippen molar-refractivity contribution in [1.82, 2.24) is 20.0 Å². The number of nitrogens with zero attached hydrogens (tertiary/aromatic N) is 3. The number of hydrogen-bond acceptors (Lipinski definition) is 3. The van der Waals surface area contributed by atoms with Gasteiger partial charge in [0.2, 0.25) is 0 Å². The van der Waals surface area contributed by atoms with Gasteiger partial charge in [-0.05, 0) is 33.9 Å². The van der Waals surface area contributed by atoms with Crippen molar-refractivity contribution >= 4 is 0 Å². The molecule has 0 aromatic carbocycles. The van der Waals surface area contributed by atoms with Crippen molar-refractivity contribution in [2.45, 2.75) is 39.8 Å². The van der Waals surface area contributed by atoms with Gasteiger partial charge in [-0.25, -0.2) is 0 Å². The maximum absolute atomic E-state index is 4.73. The third kappa shape index (κ3) is 2.38. The van der Waals surface area contributed by atoms with Gasteiger partial charge < -0.3 is 10.2 Å². The Balaban J connectivity index is 2.19. The fourth-order valence-corrected chi connectivity index (χ4v) is 2.78. The zero-order chi connectivity index (χ0) is 12.4. The Morgan fingerprint density at radius 1 is 1.41 bits per heavy atom. The molecule has 0 bridgehead atoms. The van der Waals surface area contributed by atoms with Crippen LogP contribution < -0.4 is 5.32 Å². The van der Waals surface area contributed by atoms with Gasteiger partial charge >= 0.3 is 0 Å². The Bertz CT molecular complexity index is 383. The third-order valence-electron chi connectivity index (χ3n) is 3.87. The van der Waals surface area contributed by atoms with Crippen LogP contribution in [-0.4, -0.2) is 41.4 Å². The summed E-state index contributed by atoms with van der Waals surface area (Å²) in [7, 11) is 1.99. The lowest BCUT2D eigenvalue weighted by Gasteiger charge is -2.15. The molecule has 1 aromatic rings. The van der Waals surface area contributed by atoms with Crippen LogP contribution in [0.5, 0.6) is 0 Å². The van der Waals surface area contributed by atoms with E-state index in [4.69, 9.17) is 5.10 Å². The van der Waals surface area contributed by atoms with Crippen molar-refractivity contribution < 1.29 is 0 Å². The molecular formula is C13H24N4. The molecule has 1 fully saturated rings. The van der Waals surface area contributed by atoms with E-state index in [9.17, 15) is 0 Å². The molecule has 2 heterocycles. The zero-order valence-electron chi connectivity index (χ0n) is 11.5. The summed E-state index contributed by atoms with van der Waals surface area (Å²) in [4.78, 5) is 2.50. The number of aryl methyl sites for hydroxylation is 1. The lowest BCUT2D eigenvalue weighted by molar-refractivity contribution is 0.334. The predicted octanol–water partition coefficient (Wildman–Crippen LogP) is 1.49. The van der Waals surface area contributed by atoms with Gasteiger partial charge in [0.1, 0.15) is 0 Å². The minimum absolute atomic E-state index is 0.569. The van der Waals surface area contributed by atoms with E-state index in [2.05, 4.69) is 35.7 Å². The molecule has 1 atom stereocenters. The molecule has 0 radical (unpaired) electrons. The summed E-state index contributed by atoms with van der Waals surface area (Å²) in [5.41, 5.74) is 3.87. The fraction of sp³-hybridized carbons (Fsp3) is 0.769. The van der Waals surface area contributed by atoms with Crippen LogP contribution in [0.2, 0.25) is 0 Å². The summed E-state index contributed by atoms with van der Waals surface area (Å²) >= 11 is 0. The van der Waals surface area contributed by atoms with Crippen LogP contribution in [0.3, 0.4) is 0 Å². The number of likely N-dealkylation sites (tertiary alicyclic amines) is 1. The molecule has 0 spiro atoms. The third-order valence-corrected chi connectivity index (χ3v) is 3.87. The summed E-state index contributed by atoms with van der Waals surface area (Å²) in [6.45, 7) is 11.0. The molecule has 96 valence electrons. The molecule has 0 aliphatic carbocycles. The van der Waals surface area contributed by atoms with E-state index in [0.717, 1.165) is 19.6 Å². The standard InChI is InChI=1S/C13H24N4/c1-5-16-7-6-12(9-16)17-11(3)13(8-14-4)10(2)15-17/h12,14H,5-9H2,1-4H3. The second-order valence-corrected chi connectivity index (χ2v) is 4.96. The highest BCUT2D eigenvalue weighted by atomic mass is 15.3. The summed E-state index contributed by atoms with van der Waals surface area (Å²) < 4.78 is 2.25. The molecule has 0 amide bonds. The number of nitrogens with one attached hydrogen (secondary N) is 1. The van der Waals surface area contributed by atoms with Crippen LogP contribution >= 0.6 is 0 Å². The Morgan fingerprint density at radius 3 is 2.76 bits per heavy atom. The molecule has 17 heavy (non-hydrogen) atoms. The zero-order valence-corrected chi connectivity index (χ0v) is 11.5. The van der Waals surface area contributed by atoms with E-state index >= 15 is 0 Å². The van der Waals surface area contributed by atoms with Crippen LogP contribution in [0.4, 0.5) is 0 Å². The van der Waals surface area contributed by atoms with Gasteiger partial charge in [0.05, 0.1) is 11.7 Å². The monoisotopic (exact) mass is 236 g/mol. The average Bonchev–Trinajstić information content (AvgIpc) is 2.89. The SMILES string of the molecule is CCN1CCC(n2nc(C)c(CNC)c2C)C1. The second-order valence-electron chi connectivity index (χ2n) is 4.96. The predicted molar refractivity (Wildman–Crippen MR) is 70.2 cm³/mol. The first-order chi connectivity index (χ1) is 8.17. The van der Waals surface area contributed by atoms with E-state index < -0.39 is 0 Å². The van der Waals surface area contributed by atoms with Gasteiger partial charge in [0.15, 0.2) is 0 Å². The number of aromatic nitrogens is 2. The van der Waals surface area contributed by atoms with Gasteiger partial charge in [-0.1, -0.05) is 6.92 Å². The maximum atomic E-state index is 4.73. The summed E-state index contributed by atoms with van der Waals surface area (Å²) in [6.07, 6.45) is 1.23. The van der Waals surface area contributed by atoms with Gasteiger partial charge in [0, 0.05) is 30.9 Å². The van der Waals surface area contributed by atoms with Crippen LogP contribution in [0.15, 0.2) is 0 Å². The fourth-order valence-electron chi connectivity index (χ4n) is 2.78. The topological polar surface area (TPSA) is 33.1 Å². The Morgan fingerprint density at radius 2 is 2.18 bits per heavy atom. The lowest BCUT2D eigenvalue weighted by atomic mass is 10.2. The minimum Gasteiger partial charge on any atom is -0.316 e. The van der Waals surface area contributed by atoms with Gasteiger partial charge in [-0.2, -0.15) is 5.10 Å². The van der Waals surface area contributed by atoms with E-state index in [0.29, 0.717) is 6.04 Å². The van der Waals surface area contributed by atoms with Crippen molar-refractivity contribution in [3.8, 4) is 0 Å². The Hall–Kier alpha value is -0.870. The Kier molecular flexibility index (Phi) is 3.84. The smallest absolute Gasteiger partial charge is 0.0661 e. The normalized spacial score (nSPS) is 21.3. The number of hydrogen-bond donors (Lipinski definition) is 1. The highest BCUT2D eigenvalue weighted by Crippen LogP contribution is 2.24. The van der Waals surface area contributed by atoms with Gasteiger partial charge in [-0.15, -0.1) is 0 Å². The first-order valence-electron chi connectivity index (χ1n) is 6.58. The van der Waals surface area contributed by atoms with E-state index in [1.165, 1.54) is 29.9 Å². The van der Waals surface area contributed by atoms with Crippen LogP contribution in [-0.2, 0) is 6.54 Å². The molecular weight excluding hydrogens is 212 g/mol. The molecule has 0 saturated carbocycles. The molecule has 1 N–H and O–H groups in total. The molecule has 4 heteroatoms. The van der Waals surface area contributed by atoms with Crippen molar-refractivity contribution in [3.05, 3.63) is 17.0 Å². The molecule has 1 aromatic heterocycles. The van der Waals surface area contributed by atoms with Crippen molar-refractivity contribution in [3.63, 3.8) is 0 Å². The highest BCUT2D eigenvalue weighted by molar-refractivity contribution is 5.25. The van der Waals surface area contributed by atoms with Crippen molar-refractivity contribution in [1.29, 1.82) is 0 Å². The molecule has 1 unspecified atom stereocenters. The van der Waals surface area contributed by atoms with E-state index in [1.807, 2.05) is 7.05 Å². The number of likely N-dealkylation sites (N-methyl/N-ethyl adjacent to an activating group) is 1. The molecule has 1 aliphatic heterocycles. The van der Waals surface area contributed by atoms with Gasteiger partial charge in [0.25, 0.3) is 0 Å². The second kappa shape index (κ2) is 5.19. The van der Waals surface area contributed by atoms with Crippen LogP contribution in [0.25, 0.3) is 0 Å². The lowest BCUT2D eigenvalue weighted by Crippen LogP contribution is -2.22. The van der Waals surface area contributed by atoms with Crippen molar-refractivity contribution in [2.24, 2.45) is 0 Å². The molecule has 1 aliphatic rings. The van der Waals surface area contributed by atoms with Crippen LogP contribution in [0.1, 0.15) is 36.3 Å².